The van der Waals surface area contributed by atoms with Gasteiger partial charge >= 0.3 is 0 Å². The first kappa shape index (κ1) is 7.71. The van der Waals surface area contributed by atoms with Gasteiger partial charge in [0.25, 0.3) is 0 Å². The number of halogens is 1. The van der Waals surface area contributed by atoms with Gasteiger partial charge in [-0.1, -0.05) is 11.6 Å². The molecule has 1 atom stereocenters. The molecule has 0 spiro atoms. The quantitative estimate of drug-likeness (QED) is 0.613. The first-order valence-electron chi connectivity index (χ1n) is 3.62. The minimum atomic E-state index is -0.608. The van der Waals surface area contributed by atoms with Crippen LogP contribution in [0.1, 0.15) is 17.4 Å². The zero-order chi connectivity index (χ0) is 8.55. The number of pyridine rings is 1. The molecule has 0 fully saturated rings. The molecule has 0 saturated carbocycles. The molecule has 0 aliphatic carbocycles. The summed E-state index contributed by atoms with van der Waals surface area (Å²) in [5.41, 5.74) is 1.47. The number of aliphatic hydroxyl groups is 1. The maximum absolute atomic E-state index is 9.45. The number of hydrogen-bond donors (Lipinski definition) is 1. The monoisotopic (exact) mass is 182 g/mol. The van der Waals surface area contributed by atoms with Crippen LogP contribution in [0.5, 0.6) is 0 Å². The van der Waals surface area contributed by atoms with Gasteiger partial charge in [0.05, 0.1) is 12.2 Å². The van der Waals surface area contributed by atoms with Gasteiger partial charge in [-0.2, -0.15) is 0 Å². The fraction of sp³-hybridized carbons (Fsp3) is 0.250. The summed E-state index contributed by atoms with van der Waals surface area (Å²) < 4.78 is 0. The molecule has 1 N–H and O–H groups in total. The lowest BCUT2D eigenvalue weighted by Gasteiger charge is -2.14. The lowest BCUT2D eigenvalue weighted by Crippen LogP contribution is -2.12. The van der Waals surface area contributed by atoms with E-state index in [1.165, 1.54) is 0 Å². The standard InChI is InChI=1S/C8H7ClN2O/c9-7-2-1-5-3-10-4-6(12)8(5)11-7/h1-3,6,12H,4H2. The predicted molar refractivity (Wildman–Crippen MR) is 46.7 cm³/mol. The molecule has 0 radical (unpaired) electrons. The predicted octanol–water partition coefficient (Wildman–Crippen LogP) is 1.20. The van der Waals surface area contributed by atoms with Crippen molar-refractivity contribution in [3.8, 4) is 0 Å². The van der Waals surface area contributed by atoms with Gasteiger partial charge in [-0.3, -0.25) is 4.99 Å². The van der Waals surface area contributed by atoms with E-state index in [1.54, 1.807) is 18.3 Å². The zero-order valence-electron chi connectivity index (χ0n) is 6.24. The summed E-state index contributed by atoms with van der Waals surface area (Å²) in [6, 6.07) is 3.49. The third-order valence-electron chi connectivity index (χ3n) is 1.75. The molecule has 0 saturated heterocycles. The fourth-order valence-corrected chi connectivity index (χ4v) is 1.33. The summed E-state index contributed by atoms with van der Waals surface area (Å²) in [6.07, 6.45) is 1.09. The second kappa shape index (κ2) is 2.84. The van der Waals surface area contributed by atoms with E-state index in [2.05, 4.69) is 9.98 Å². The third-order valence-corrected chi connectivity index (χ3v) is 1.96. The minimum absolute atomic E-state index is 0.375. The van der Waals surface area contributed by atoms with Crippen molar-refractivity contribution in [1.29, 1.82) is 0 Å². The van der Waals surface area contributed by atoms with Crippen molar-refractivity contribution in [2.24, 2.45) is 4.99 Å². The van der Waals surface area contributed by atoms with E-state index in [0.717, 1.165) is 5.56 Å². The van der Waals surface area contributed by atoms with Gasteiger partial charge < -0.3 is 5.11 Å². The van der Waals surface area contributed by atoms with Crippen LogP contribution in [0.25, 0.3) is 0 Å². The summed E-state index contributed by atoms with van der Waals surface area (Å²) in [4.78, 5) is 7.99. The highest BCUT2D eigenvalue weighted by atomic mass is 35.5. The third kappa shape index (κ3) is 1.21. The molecular weight excluding hydrogens is 176 g/mol. The van der Waals surface area contributed by atoms with E-state index < -0.39 is 6.10 Å². The first-order chi connectivity index (χ1) is 5.77. The van der Waals surface area contributed by atoms with Crippen LogP contribution < -0.4 is 0 Å². The number of fused-ring (bicyclic) bond motifs is 1. The first-order valence-corrected chi connectivity index (χ1v) is 3.99. The van der Waals surface area contributed by atoms with Crippen LogP contribution in [0.2, 0.25) is 5.15 Å². The Hall–Kier alpha value is -0.930. The summed E-state index contributed by atoms with van der Waals surface area (Å²) in [5, 5.41) is 9.86. The van der Waals surface area contributed by atoms with Crippen molar-refractivity contribution < 1.29 is 5.11 Å². The van der Waals surface area contributed by atoms with Crippen molar-refractivity contribution in [1.82, 2.24) is 4.98 Å². The van der Waals surface area contributed by atoms with E-state index in [0.29, 0.717) is 17.4 Å². The second-order valence-electron chi connectivity index (χ2n) is 2.62. The van der Waals surface area contributed by atoms with E-state index in [4.69, 9.17) is 11.6 Å². The molecule has 1 aliphatic rings. The molecule has 4 heteroatoms. The summed E-state index contributed by atoms with van der Waals surface area (Å²) in [7, 11) is 0. The Balaban J connectivity index is 2.56. The average molecular weight is 183 g/mol. The maximum Gasteiger partial charge on any atom is 0.129 e. The highest BCUT2D eigenvalue weighted by molar-refractivity contribution is 6.29. The number of rotatable bonds is 0. The molecule has 1 aromatic rings. The van der Waals surface area contributed by atoms with Crippen LogP contribution >= 0.6 is 11.6 Å². The fourth-order valence-electron chi connectivity index (χ4n) is 1.17. The Morgan fingerprint density at radius 3 is 3.17 bits per heavy atom. The highest BCUT2D eigenvalue weighted by Crippen LogP contribution is 2.20. The van der Waals surface area contributed by atoms with Gasteiger partial charge in [-0.05, 0) is 12.1 Å². The minimum Gasteiger partial charge on any atom is -0.385 e. The van der Waals surface area contributed by atoms with Gasteiger partial charge in [0.1, 0.15) is 11.3 Å². The van der Waals surface area contributed by atoms with Gasteiger partial charge in [0.15, 0.2) is 0 Å². The van der Waals surface area contributed by atoms with Crippen molar-refractivity contribution in [2.75, 3.05) is 6.54 Å². The van der Waals surface area contributed by atoms with Crippen LogP contribution in [-0.4, -0.2) is 22.8 Å². The Morgan fingerprint density at radius 1 is 1.50 bits per heavy atom. The molecular formula is C8H7ClN2O. The van der Waals surface area contributed by atoms with E-state index in [1.807, 2.05) is 0 Å². The molecule has 2 rings (SSSR count). The number of hydrogen-bond acceptors (Lipinski definition) is 3. The molecule has 1 unspecified atom stereocenters. The highest BCUT2D eigenvalue weighted by Gasteiger charge is 2.16. The van der Waals surface area contributed by atoms with Gasteiger partial charge in [-0.15, -0.1) is 0 Å². The topological polar surface area (TPSA) is 45.5 Å². The molecule has 0 bridgehead atoms. The Kier molecular flexibility index (Phi) is 1.83. The number of aliphatic hydroxyl groups excluding tert-OH is 1. The summed E-state index contributed by atoms with van der Waals surface area (Å²) >= 11 is 5.68. The Bertz CT molecular complexity index is 338. The SMILES string of the molecule is OC1CN=Cc2ccc(Cl)nc21. The normalized spacial score (nSPS) is 20.7. The molecule has 1 aliphatic heterocycles. The van der Waals surface area contributed by atoms with Gasteiger partial charge in [-0.25, -0.2) is 4.98 Å². The molecule has 1 aromatic heterocycles. The number of nitrogens with zero attached hydrogens (tertiary/aromatic N) is 2. The van der Waals surface area contributed by atoms with Crippen molar-refractivity contribution in [3.05, 3.63) is 28.5 Å². The summed E-state index contributed by atoms with van der Waals surface area (Å²) in [6.45, 7) is 0.375. The Morgan fingerprint density at radius 2 is 2.33 bits per heavy atom. The molecule has 0 aromatic carbocycles. The van der Waals surface area contributed by atoms with E-state index in [-0.39, 0.29) is 0 Å². The molecule has 0 amide bonds. The largest absolute Gasteiger partial charge is 0.385 e. The second-order valence-corrected chi connectivity index (χ2v) is 3.01. The summed E-state index contributed by atoms with van der Waals surface area (Å²) in [5.74, 6) is 0. The molecule has 62 valence electrons. The molecule has 12 heavy (non-hydrogen) atoms. The van der Waals surface area contributed by atoms with Crippen molar-refractivity contribution >= 4 is 17.8 Å². The lowest BCUT2D eigenvalue weighted by molar-refractivity contribution is 0.181. The number of aliphatic imine (C=N–C) groups is 1. The molecule has 3 nitrogen and oxygen atoms in total. The maximum atomic E-state index is 9.45. The van der Waals surface area contributed by atoms with Gasteiger partial charge in [0.2, 0.25) is 0 Å². The van der Waals surface area contributed by atoms with Gasteiger partial charge in [0, 0.05) is 11.8 Å². The van der Waals surface area contributed by atoms with Crippen LogP contribution in [0.3, 0.4) is 0 Å². The Labute approximate surface area is 74.7 Å². The van der Waals surface area contributed by atoms with Crippen molar-refractivity contribution in [2.45, 2.75) is 6.10 Å². The molecule has 2 heterocycles. The van der Waals surface area contributed by atoms with Crippen LogP contribution in [0, 0.1) is 0 Å². The van der Waals surface area contributed by atoms with E-state index >= 15 is 0 Å². The van der Waals surface area contributed by atoms with Crippen LogP contribution in [0.15, 0.2) is 17.1 Å². The van der Waals surface area contributed by atoms with Crippen LogP contribution in [0.4, 0.5) is 0 Å². The smallest absolute Gasteiger partial charge is 0.129 e. The zero-order valence-corrected chi connectivity index (χ0v) is 6.99. The lowest BCUT2D eigenvalue weighted by atomic mass is 10.1. The van der Waals surface area contributed by atoms with Crippen LogP contribution in [-0.2, 0) is 0 Å². The average Bonchev–Trinajstić information content (AvgIpc) is 2.07. The number of aromatic nitrogens is 1. The van der Waals surface area contributed by atoms with E-state index in [9.17, 15) is 5.11 Å². The van der Waals surface area contributed by atoms with Crippen molar-refractivity contribution in [3.63, 3.8) is 0 Å².